The molecule has 6 nitrogen and oxygen atoms in total. The minimum Gasteiger partial charge on any atom is -0.394 e. The van der Waals surface area contributed by atoms with Crippen LogP contribution in [0.2, 0.25) is 0 Å². The summed E-state index contributed by atoms with van der Waals surface area (Å²) in [5.74, 6) is -0.437. The van der Waals surface area contributed by atoms with Gasteiger partial charge >= 0.3 is 0 Å². The highest BCUT2D eigenvalue weighted by Gasteiger charge is 2.30. The fourth-order valence-corrected chi connectivity index (χ4v) is 1.63. The molecule has 1 unspecified atom stereocenters. The van der Waals surface area contributed by atoms with Crippen molar-refractivity contribution < 1.29 is 20.1 Å². The number of nitrogens with two attached hydrogens (primary N) is 1. The molecule has 0 heterocycles. The van der Waals surface area contributed by atoms with E-state index in [1.807, 2.05) is 30.3 Å². The highest BCUT2D eigenvalue weighted by molar-refractivity contribution is 5.77. The summed E-state index contributed by atoms with van der Waals surface area (Å²) in [7, 11) is 0. The molecule has 106 valence electrons. The number of benzene rings is 1. The van der Waals surface area contributed by atoms with Crippen LogP contribution in [0.5, 0.6) is 0 Å². The third kappa shape index (κ3) is 4.29. The molecule has 6 N–H and O–H groups in total. The number of rotatable bonds is 7. The Hall–Kier alpha value is -1.47. The second kappa shape index (κ2) is 7.20. The van der Waals surface area contributed by atoms with Gasteiger partial charge in [0.15, 0.2) is 0 Å². The van der Waals surface area contributed by atoms with E-state index in [1.54, 1.807) is 0 Å². The van der Waals surface area contributed by atoms with Crippen molar-refractivity contribution >= 4 is 5.91 Å². The van der Waals surface area contributed by atoms with Crippen molar-refractivity contribution in [2.45, 2.75) is 18.0 Å². The van der Waals surface area contributed by atoms with Crippen LogP contribution in [0, 0.1) is 0 Å². The summed E-state index contributed by atoms with van der Waals surface area (Å²) in [5, 5.41) is 29.7. The zero-order chi connectivity index (χ0) is 14.3. The van der Waals surface area contributed by atoms with E-state index in [9.17, 15) is 4.79 Å². The van der Waals surface area contributed by atoms with E-state index < -0.39 is 37.3 Å². The number of nitrogens with one attached hydrogen (secondary N) is 1. The lowest BCUT2D eigenvalue weighted by Crippen LogP contribution is -2.57. The molecule has 0 aliphatic heterocycles. The Morgan fingerprint density at radius 1 is 1.16 bits per heavy atom. The van der Waals surface area contributed by atoms with Gasteiger partial charge in [-0.2, -0.15) is 0 Å². The SMILES string of the molecule is NC(CC(=O)NC(CO)(CO)CO)c1ccccc1. The van der Waals surface area contributed by atoms with Crippen LogP contribution in [-0.2, 0) is 4.79 Å². The van der Waals surface area contributed by atoms with Crippen LogP contribution in [0.15, 0.2) is 30.3 Å². The van der Waals surface area contributed by atoms with Crippen molar-refractivity contribution in [2.75, 3.05) is 19.8 Å². The summed E-state index contributed by atoms with van der Waals surface area (Å²) < 4.78 is 0. The second-order valence-corrected chi connectivity index (χ2v) is 4.52. The Morgan fingerprint density at radius 3 is 2.16 bits per heavy atom. The Bertz CT molecular complexity index is 385. The Balaban J connectivity index is 2.60. The Morgan fingerprint density at radius 2 is 1.68 bits per heavy atom. The van der Waals surface area contributed by atoms with Gasteiger partial charge in [-0.05, 0) is 5.56 Å². The molecule has 0 aliphatic carbocycles. The van der Waals surface area contributed by atoms with Crippen LogP contribution in [0.3, 0.4) is 0 Å². The van der Waals surface area contributed by atoms with Gasteiger partial charge in [0.2, 0.25) is 5.91 Å². The van der Waals surface area contributed by atoms with E-state index in [4.69, 9.17) is 21.1 Å². The molecule has 0 aromatic heterocycles. The van der Waals surface area contributed by atoms with Gasteiger partial charge in [0.1, 0.15) is 5.54 Å². The first kappa shape index (κ1) is 15.6. The molecule has 19 heavy (non-hydrogen) atoms. The lowest BCUT2D eigenvalue weighted by molar-refractivity contribution is -0.125. The molecule has 1 amide bonds. The van der Waals surface area contributed by atoms with Crippen LogP contribution in [0.4, 0.5) is 0 Å². The van der Waals surface area contributed by atoms with E-state index in [2.05, 4.69) is 5.32 Å². The molecule has 1 rings (SSSR count). The largest absolute Gasteiger partial charge is 0.394 e. The minimum atomic E-state index is -1.41. The van der Waals surface area contributed by atoms with Gasteiger partial charge < -0.3 is 26.4 Å². The molecule has 0 radical (unpaired) electrons. The molecule has 6 heteroatoms. The molecule has 0 fully saturated rings. The molecular formula is C13H20N2O4. The molecule has 0 aliphatic rings. The highest BCUT2D eigenvalue weighted by atomic mass is 16.3. The third-order valence-corrected chi connectivity index (χ3v) is 2.95. The van der Waals surface area contributed by atoms with Crippen molar-refractivity contribution in [1.29, 1.82) is 0 Å². The van der Waals surface area contributed by atoms with Crippen molar-refractivity contribution in [2.24, 2.45) is 5.73 Å². The predicted octanol–water partition coefficient (Wildman–Crippen LogP) is -1.09. The summed E-state index contributed by atoms with van der Waals surface area (Å²) in [6, 6.07) is 8.66. The van der Waals surface area contributed by atoms with Crippen LogP contribution in [0.1, 0.15) is 18.0 Å². The summed E-state index contributed by atoms with van der Waals surface area (Å²) in [5.41, 5.74) is 5.30. The fraction of sp³-hybridized carbons (Fsp3) is 0.462. The Labute approximate surface area is 111 Å². The quantitative estimate of drug-likeness (QED) is 0.431. The smallest absolute Gasteiger partial charge is 0.222 e. The molecule has 1 aromatic rings. The van der Waals surface area contributed by atoms with Gasteiger partial charge in [0, 0.05) is 12.5 Å². The number of hydrogen-bond acceptors (Lipinski definition) is 5. The topological polar surface area (TPSA) is 116 Å². The number of carbonyl (C=O) groups is 1. The average Bonchev–Trinajstić information content (AvgIpc) is 2.46. The number of amides is 1. The maximum Gasteiger partial charge on any atom is 0.222 e. The molecule has 1 atom stereocenters. The maximum absolute atomic E-state index is 11.8. The third-order valence-electron chi connectivity index (χ3n) is 2.95. The second-order valence-electron chi connectivity index (χ2n) is 4.52. The Kier molecular flexibility index (Phi) is 5.91. The summed E-state index contributed by atoms with van der Waals surface area (Å²) in [4.78, 5) is 11.8. The van der Waals surface area contributed by atoms with Crippen molar-refractivity contribution in [1.82, 2.24) is 5.32 Å². The first-order chi connectivity index (χ1) is 9.06. The standard InChI is InChI=1S/C13H20N2O4/c14-11(10-4-2-1-3-5-10)6-12(19)15-13(7-16,8-17)9-18/h1-5,11,16-18H,6-9,14H2,(H,15,19). The van der Waals surface area contributed by atoms with Gasteiger partial charge in [-0.25, -0.2) is 0 Å². The zero-order valence-corrected chi connectivity index (χ0v) is 10.6. The molecule has 0 saturated heterocycles. The monoisotopic (exact) mass is 268 g/mol. The number of aliphatic hydroxyl groups excluding tert-OH is 3. The lowest BCUT2D eigenvalue weighted by atomic mass is 10.0. The molecule has 0 spiro atoms. The van der Waals surface area contributed by atoms with Crippen molar-refractivity contribution in [3.05, 3.63) is 35.9 Å². The fourth-order valence-electron chi connectivity index (χ4n) is 1.63. The van der Waals surface area contributed by atoms with Crippen LogP contribution < -0.4 is 11.1 Å². The van der Waals surface area contributed by atoms with Gasteiger partial charge in [-0.3, -0.25) is 4.79 Å². The lowest BCUT2D eigenvalue weighted by Gasteiger charge is -2.29. The molecule has 1 aromatic carbocycles. The van der Waals surface area contributed by atoms with Crippen LogP contribution in [-0.4, -0.2) is 46.6 Å². The normalized spacial score (nSPS) is 13.1. The first-order valence-electron chi connectivity index (χ1n) is 6.01. The average molecular weight is 268 g/mol. The minimum absolute atomic E-state index is 0.00572. The van der Waals surface area contributed by atoms with Gasteiger partial charge in [0.05, 0.1) is 19.8 Å². The summed E-state index contributed by atoms with van der Waals surface area (Å²) >= 11 is 0. The van der Waals surface area contributed by atoms with E-state index in [-0.39, 0.29) is 6.42 Å². The van der Waals surface area contributed by atoms with Crippen molar-refractivity contribution in [3.63, 3.8) is 0 Å². The zero-order valence-electron chi connectivity index (χ0n) is 10.6. The van der Waals surface area contributed by atoms with Gasteiger partial charge in [0.25, 0.3) is 0 Å². The number of carbonyl (C=O) groups excluding carboxylic acids is 1. The molecular weight excluding hydrogens is 248 g/mol. The van der Waals surface area contributed by atoms with E-state index in [0.717, 1.165) is 5.56 Å². The maximum atomic E-state index is 11.8. The van der Waals surface area contributed by atoms with Gasteiger partial charge in [-0.15, -0.1) is 0 Å². The van der Waals surface area contributed by atoms with E-state index >= 15 is 0 Å². The summed E-state index contributed by atoms with van der Waals surface area (Å²) in [6.45, 7) is -1.65. The van der Waals surface area contributed by atoms with Crippen LogP contribution >= 0.6 is 0 Å². The van der Waals surface area contributed by atoms with E-state index in [0.29, 0.717) is 0 Å². The molecule has 0 bridgehead atoms. The number of hydrogen-bond donors (Lipinski definition) is 5. The molecule has 0 saturated carbocycles. The number of aliphatic hydroxyl groups is 3. The predicted molar refractivity (Wildman–Crippen MR) is 70.1 cm³/mol. The first-order valence-corrected chi connectivity index (χ1v) is 6.01. The highest BCUT2D eigenvalue weighted by Crippen LogP contribution is 2.14. The van der Waals surface area contributed by atoms with Gasteiger partial charge in [-0.1, -0.05) is 30.3 Å². The van der Waals surface area contributed by atoms with E-state index in [1.165, 1.54) is 0 Å². The van der Waals surface area contributed by atoms with Crippen molar-refractivity contribution in [3.8, 4) is 0 Å². The summed E-state index contributed by atoms with van der Waals surface area (Å²) in [6.07, 6.45) is 0.00572. The van der Waals surface area contributed by atoms with Crippen LogP contribution in [0.25, 0.3) is 0 Å².